The highest BCUT2D eigenvalue weighted by molar-refractivity contribution is 6.30. The monoisotopic (exact) mass is 279 g/mol. The highest BCUT2D eigenvalue weighted by Crippen LogP contribution is 2.14. The van der Waals surface area contributed by atoms with Gasteiger partial charge in [0.15, 0.2) is 5.89 Å². The molecule has 2 rings (SSSR count). The molecule has 1 aromatic carbocycles. The summed E-state index contributed by atoms with van der Waals surface area (Å²) in [5, 5.41) is 5.98. The number of aromatic nitrogens is 1. The molecule has 100 valence electrons. The zero-order chi connectivity index (χ0) is 13.7. The zero-order valence-electron chi connectivity index (χ0n) is 10.4. The number of hydrogen-bond donors (Lipinski definition) is 2. The van der Waals surface area contributed by atoms with Gasteiger partial charge in [-0.25, -0.2) is 9.78 Å². The summed E-state index contributed by atoms with van der Waals surface area (Å²) < 4.78 is 5.30. The summed E-state index contributed by atoms with van der Waals surface area (Å²) in [6, 6.07) is 6.68. The number of nitrogens with zero attached hydrogens (tertiary/aromatic N) is 1. The molecule has 1 heterocycles. The fourth-order valence-corrected chi connectivity index (χ4v) is 1.73. The molecule has 6 heteroatoms. The first-order valence-electron chi connectivity index (χ1n) is 5.85. The first kappa shape index (κ1) is 13.4. The average Bonchev–Trinajstić information content (AvgIpc) is 2.75. The Morgan fingerprint density at radius 1 is 1.47 bits per heavy atom. The van der Waals surface area contributed by atoms with Gasteiger partial charge >= 0.3 is 6.03 Å². The van der Waals surface area contributed by atoms with Crippen LogP contribution < -0.4 is 10.6 Å². The lowest BCUT2D eigenvalue weighted by atomic mass is 10.3. The predicted octanol–water partition coefficient (Wildman–Crippen LogP) is 3.00. The van der Waals surface area contributed by atoms with E-state index in [1.165, 1.54) is 0 Å². The minimum Gasteiger partial charge on any atom is -0.446 e. The third-order valence-corrected chi connectivity index (χ3v) is 2.61. The molecule has 0 spiro atoms. The first-order valence-corrected chi connectivity index (χ1v) is 6.23. The second-order valence-electron chi connectivity index (χ2n) is 4.01. The van der Waals surface area contributed by atoms with Crippen LogP contribution >= 0.6 is 11.6 Å². The van der Waals surface area contributed by atoms with E-state index in [2.05, 4.69) is 15.6 Å². The molecule has 1 aromatic heterocycles. The van der Waals surface area contributed by atoms with Gasteiger partial charge in [0.1, 0.15) is 5.76 Å². The van der Waals surface area contributed by atoms with Gasteiger partial charge in [-0.2, -0.15) is 0 Å². The Kier molecular flexibility index (Phi) is 4.41. The number of anilines is 1. The van der Waals surface area contributed by atoms with Crippen molar-refractivity contribution in [3.8, 4) is 0 Å². The Bertz CT molecular complexity index is 569. The van der Waals surface area contributed by atoms with Gasteiger partial charge in [0.05, 0.1) is 6.20 Å². The van der Waals surface area contributed by atoms with Gasteiger partial charge in [-0.3, -0.25) is 0 Å². The lowest BCUT2D eigenvalue weighted by molar-refractivity contribution is 0.252. The largest absolute Gasteiger partial charge is 0.446 e. The first-order chi connectivity index (χ1) is 9.13. The Morgan fingerprint density at radius 2 is 2.32 bits per heavy atom. The van der Waals surface area contributed by atoms with Gasteiger partial charge in [-0.15, -0.1) is 0 Å². The number of rotatable bonds is 4. The van der Waals surface area contributed by atoms with Crippen LogP contribution in [0.4, 0.5) is 10.5 Å². The summed E-state index contributed by atoms with van der Waals surface area (Å²) in [6.45, 7) is 2.28. The smallest absolute Gasteiger partial charge is 0.319 e. The number of carbonyl (C=O) groups excluding carboxylic acids is 1. The van der Waals surface area contributed by atoms with E-state index in [4.69, 9.17) is 16.0 Å². The topological polar surface area (TPSA) is 67.2 Å². The Labute approximate surface area is 116 Å². The van der Waals surface area contributed by atoms with E-state index in [9.17, 15) is 4.79 Å². The molecular weight excluding hydrogens is 266 g/mol. The van der Waals surface area contributed by atoms with Crippen LogP contribution in [0.15, 0.2) is 34.9 Å². The van der Waals surface area contributed by atoms with Crippen LogP contribution in [0, 0.1) is 6.92 Å². The predicted molar refractivity (Wildman–Crippen MR) is 73.4 cm³/mol. The summed E-state index contributed by atoms with van der Waals surface area (Å²) in [4.78, 5) is 15.7. The van der Waals surface area contributed by atoms with Crippen molar-refractivity contribution in [1.82, 2.24) is 10.3 Å². The number of halogens is 1. The number of amides is 2. The Hall–Kier alpha value is -2.01. The quantitative estimate of drug-likeness (QED) is 0.904. The molecule has 0 radical (unpaired) electrons. The Balaban J connectivity index is 1.76. The lowest BCUT2D eigenvalue weighted by Gasteiger charge is -2.06. The van der Waals surface area contributed by atoms with Gasteiger partial charge in [0, 0.05) is 23.7 Å². The summed E-state index contributed by atoms with van der Waals surface area (Å²) in [5.74, 6) is 1.37. The minimum atomic E-state index is -0.287. The van der Waals surface area contributed by atoms with E-state index < -0.39 is 0 Å². The summed E-state index contributed by atoms with van der Waals surface area (Å²) in [7, 11) is 0. The molecule has 0 aliphatic heterocycles. The van der Waals surface area contributed by atoms with E-state index >= 15 is 0 Å². The SMILES string of the molecule is Cc1cnc(CCNC(=O)Nc2cccc(Cl)c2)o1. The normalized spacial score (nSPS) is 10.2. The number of aryl methyl sites for hydroxylation is 1. The molecule has 0 aliphatic rings. The molecule has 0 fully saturated rings. The van der Waals surface area contributed by atoms with E-state index in [0.717, 1.165) is 5.76 Å². The standard InChI is InChI=1S/C13H14ClN3O2/c1-9-8-16-12(19-9)5-6-15-13(18)17-11-4-2-3-10(14)7-11/h2-4,7-8H,5-6H2,1H3,(H2,15,17,18). The number of hydrogen-bond acceptors (Lipinski definition) is 3. The van der Waals surface area contributed by atoms with E-state index in [-0.39, 0.29) is 6.03 Å². The van der Waals surface area contributed by atoms with Crippen molar-refractivity contribution in [2.45, 2.75) is 13.3 Å². The van der Waals surface area contributed by atoms with Gasteiger partial charge in [-0.05, 0) is 25.1 Å². The molecule has 0 bridgehead atoms. The van der Waals surface area contributed by atoms with Crippen molar-refractivity contribution < 1.29 is 9.21 Å². The van der Waals surface area contributed by atoms with Crippen molar-refractivity contribution in [3.63, 3.8) is 0 Å². The van der Waals surface area contributed by atoms with Crippen molar-refractivity contribution in [3.05, 3.63) is 47.1 Å². The van der Waals surface area contributed by atoms with Crippen LogP contribution in [0.1, 0.15) is 11.7 Å². The summed E-state index contributed by atoms with van der Waals surface area (Å²) in [6.07, 6.45) is 2.21. The highest BCUT2D eigenvalue weighted by atomic mass is 35.5. The second kappa shape index (κ2) is 6.24. The van der Waals surface area contributed by atoms with E-state index in [1.54, 1.807) is 30.5 Å². The maximum atomic E-state index is 11.6. The van der Waals surface area contributed by atoms with Crippen molar-refractivity contribution in [2.24, 2.45) is 0 Å². The van der Waals surface area contributed by atoms with Crippen LogP contribution in [-0.4, -0.2) is 17.6 Å². The van der Waals surface area contributed by atoms with Gasteiger partial charge < -0.3 is 15.1 Å². The molecule has 2 amide bonds. The molecule has 19 heavy (non-hydrogen) atoms. The van der Waals surface area contributed by atoms with Gasteiger partial charge in [0.25, 0.3) is 0 Å². The molecule has 2 aromatic rings. The average molecular weight is 280 g/mol. The zero-order valence-corrected chi connectivity index (χ0v) is 11.2. The highest BCUT2D eigenvalue weighted by Gasteiger charge is 2.04. The molecule has 0 atom stereocenters. The lowest BCUT2D eigenvalue weighted by Crippen LogP contribution is -2.30. The summed E-state index contributed by atoms with van der Waals surface area (Å²) in [5.41, 5.74) is 0.650. The van der Waals surface area contributed by atoms with Crippen molar-refractivity contribution >= 4 is 23.3 Å². The number of oxazole rings is 1. The molecule has 0 saturated carbocycles. The molecule has 2 N–H and O–H groups in total. The van der Waals surface area contributed by atoms with Crippen LogP contribution in [0.5, 0.6) is 0 Å². The van der Waals surface area contributed by atoms with Crippen molar-refractivity contribution in [1.29, 1.82) is 0 Å². The number of benzene rings is 1. The molecular formula is C13H14ClN3O2. The number of nitrogens with one attached hydrogen (secondary N) is 2. The van der Waals surface area contributed by atoms with Crippen molar-refractivity contribution in [2.75, 3.05) is 11.9 Å². The summed E-state index contributed by atoms with van der Waals surface area (Å²) >= 11 is 5.82. The maximum absolute atomic E-state index is 11.6. The number of carbonyl (C=O) groups is 1. The molecule has 0 unspecified atom stereocenters. The van der Waals surface area contributed by atoms with E-state index in [1.807, 2.05) is 6.92 Å². The number of urea groups is 1. The fourth-order valence-electron chi connectivity index (χ4n) is 1.54. The maximum Gasteiger partial charge on any atom is 0.319 e. The molecule has 0 aliphatic carbocycles. The van der Waals surface area contributed by atoms with Crippen LogP contribution in [0.2, 0.25) is 5.02 Å². The molecule has 5 nitrogen and oxygen atoms in total. The third kappa shape index (κ3) is 4.30. The van der Waals surface area contributed by atoms with Gasteiger partial charge in [0.2, 0.25) is 0 Å². The van der Waals surface area contributed by atoms with Crippen LogP contribution in [0.3, 0.4) is 0 Å². The third-order valence-electron chi connectivity index (χ3n) is 2.38. The van der Waals surface area contributed by atoms with Gasteiger partial charge in [-0.1, -0.05) is 17.7 Å². The Morgan fingerprint density at radius 3 is 3.00 bits per heavy atom. The fraction of sp³-hybridized carbons (Fsp3) is 0.231. The van der Waals surface area contributed by atoms with Crippen LogP contribution in [0.25, 0.3) is 0 Å². The van der Waals surface area contributed by atoms with Crippen LogP contribution in [-0.2, 0) is 6.42 Å². The van der Waals surface area contributed by atoms with E-state index in [0.29, 0.717) is 29.6 Å². The molecule has 0 saturated heterocycles. The minimum absolute atomic E-state index is 0.287. The second-order valence-corrected chi connectivity index (χ2v) is 4.44.